The number of nitrogens with one attached hydrogen (secondary N) is 2. The van der Waals surface area contributed by atoms with Crippen molar-refractivity contribution in [2.45, 2.75) is 18.9 Å². The molecular formula is C9H12ClN3O2. The zero-order valence-corrected chi connectivity index (χ0v) is 9.10. The fourth-order valence-electron chi connectivity index (χ4n) is 1.52. The highest BCUT2D eigenvalue weighted by molar-refractivity contribution is 6.32. The minimum absolute atomic E-state index is 0.0885. The Labute approximate surface area is 91.8 Å². The summed E-state index contributed by atoms with van der Waals surface area (Å²) >= 11 is 5.82. The molecule has 0 aromatic carbocycles. The molecule has 1 aliphatic rings. The quantitative estimate of drug-likeness (QED) is 0.795. The van der Waals surface area contributed by atoms with Gasteiger partial charge in [-0.1, -0.05) is 11.6 Å². The Balaban J connectivity index is 2.24. The van der Waals surface area contributed by atoms with Crippen LogP contribution in [0.15, 0.2) is 11.1 Å². The van der Waals surface area contributed by atoms with Gasteiger partial charge < -0.3 is 15.0 Å². The van der Waals surface area contributed by atoms with Gasteiger partial charge in [0.05, 0.1) is 18.5 Å². The molecule has 2 N–H and O–H groups in total. The number of aromatic amines is 1. The van der Waals surface area contributed by atoms with Gasteiger partial charge in [-0.3, -0.25) is 4.79 Å². The second-order valence-corrected chi connectivity index (χ2v) is 4.26. The molecule has 0 spiro atoms. The Hall–Kier alpha value is -1.07. The lowest BCUT2D eigenvalue weighted by Crippen LogP contribution is -2.36. The fraction of sp³-hybridized carbons (Fsp3) is 0.556. The Morgan fingerprint density at radius 2 is 2.53 bits per heavy atom. The summed E-state index contributed by atoms with van der Waals surface area (Å²) in [4.78, 5) is 17.6. The summed E-state index contributed by atoms with van der Waals surface area (Å²) in [6, 6.07) is 0. The molecule has 1 aromatic rings. The molecule has 2 heterocycles. The second kappa shape index (κ2) is 3.83. The van der Waals surface area contributed by atoms with E-state index in [0.29, 0.717) is 19.0 Å². The van der Waals surface area contributed by atoms with E-state index in [2.05, 4.69) is 15.3 Å². The third kappa shape index (κ3) is 2.13. The normalized spacial score (nSPS) is 25.5. The highest BCUT2D eigenvalue weighted by Crippen LogP contribution is 2.24. The summed E-state index contributed by atoms with van der Waals surface area (Å²) < 4.78 is 5.28. The number of hydrogen-bond donors (Lipinski definition) is 2. The fourth-order valence-corrected chi connectivity index (χ4v) is 1.67. The number of hydrogen-bond acceptors (Lipinski definition) is 4. The molecule has 0 saturated carbocycles. The maximum atomic E-state index is 11.2. The van der Waals surface area contributed by atoms with Crippen LogP contribution >= 0.6 is 11.6 Å². The Bertz CT molecular complexity index is 412. The van der Waals surface area contributed by atoms with Gasteiger partial charge in [0, 0.05) is 6.61 Å². The molecule has 1 fully saturated rings. The number of halogens is 1. The minimum Gasteiger partial charge on any atom is -0.379 e. The van der Waals surface area contributed by atoms with E-state index >= 15 is 0 Å². The van der Waals surface area contributed by atoms with Crippen LogP contribution in [0.1, 0.15) is 13.3 Å². The molecule has 15 heavy (non-hydrogen) atoms. The van der Waals surface area contributed by atoms with E-state index in [9.17, 15) is 4.79 Å². The molecule has 0 bridgehead atoms. The smallest absolute Gasteiger partial charge is 0.271 e. The van der Waals surface area contributed by atoms with Crippen molar-refractivity contribution in [3.63, 3.8) is 0 Å². The zero-order chi connectivity index (χ0) is 10.9. The van der Waals surface area contributed by atoms with Crippen LogP contribution < -0.4 is 10.9 Å². The molecule has 1 aliphatic heterocycles. The average Bonchev–Trinajstić information content (AvgIpc) is 2.60. The van der Waals surface area contributed by atoms with Gasteiger partial charge in [-0.25, -0.2) is 4.98 Å². The monoisotopic (exact) mass is 229 g/mol. The van der Waals surface area contributed by atoms with Crippen molar-refractivity contribution in [3.05, 3.63) is 21.7 Å². The third-order valence-electron chi connectivity index (χ3n) is 2.44. The first-order chi connectivity index (χ1) is 7.11. The maximum Gasteiger partial charge on any atom is 0.271 e. The Kier molecular flexibility index (Phi) is 2.67. The summed E-state index contributed by atoms with van der Waals surface area (Å²) in [5, 5.41) is 3.23. The van der Waals surface area contributed by atoms with Crippen LogP contribution in [-0.4, -0.2) is 28.7 Å². The highest BCUT2D eigenvalue weighted by Gasteiger charge is 2.30. The molecule has 1 aromatic heterocycles. The summed E-state index contributed by atoms with van der Waals surface area (Å²) in [7, 11) is 0. The third-order valence-corrected chi connectivity index (χ3v) is 2.79. The molecule has 1 atom stereocenters. The zero-order valence-electron chi connectivity index (χ0n) is 8.34. The molecule has 1 unspecified atom stereocenters. The topological polar surface area (TPSA) is 67.0 Å². The predicted octanol–water partition coefficient (Wildman–Crippen LogP) is 1.01. The van der Waals surface area contributed by atoms with Gasteiger partial charge in [-0.2, -0.15) is 0 Å². The summed E-state index contributed by atoms with van der Waals surface area (Å²) in [6.45, 7) is 3.32. The lowest BCUT2D eigenvalue weighted by atomic mass is 10.0. The summed E-state index contributed by atoms with van der Waals surface area (Å²) in [6.07, 6.45) is 2.20. The maximum absolute atomic E-state index is 11.2. The van der Waals surface area contributed by atoms with Crippen LogP contribution in [0.4, 0.5) is 5.82 Å². The van der Waals surface area contributed by atoms with Crippen molar-refractivity contribution in [2.75, 3.05) is 18.5 Å². The van der Waals surface area contributed by atoms with Crippen molar-refractivity contribution in [3.8, 4) is 0 Å². The van der Waals surface area contributed by atoms with E-state index in [1.807, 2.05) is 6.92 Å². The predicted molar refractivity (Wildman–Crippen MR) is 57.3 cm³/mol. The number of ether oxygens (including phenoxy) is 1. The van der Waals surface area contributed by atoms with Crippen molar-refractivity contribution in [2.24, 2.45) is 0 Å². The van der Waals surface area contributed by atoms with Crippen molar-refractivity contribution in [1.82, 2.24) is 9.97 Å². The molecule has 2 rings (SSSR count). The van der Waals surface area contributed by atoms with Crippen molar-refractivity contribution in [1.29, 1.82) is 0 Å². The number of nitrogens with zero attached hydrogens (tertiary/aromatic N) is 1. The van der Waals surface area contributed by atoms with Crippen molar-refractivity contribution < 1.29 is 4.74 Å². The van der Waals surface area contributed by atoms with Gasteiger partial charge >= 0.3 is 0 Å². The van der Waals surface area contributed by atoms with E-state index < -0.39 is 0 Å². The minimum atomic E-state index is -0.336. The van der Waals surface area contributed by atoms with E-state index in [-0.39, 0.29) is 16.1 Å². The first-order valence-electron chi connectivity index (χ1n) is 4.70. The Morgan fingerprint density at radius 3 is 3.20 bits per heavy atom. The van der Waals surface area contributed by atoms with Crippen molar-refractivity contribution >= 4 is 17.4 Å². The first-order valence-corrected chi connectivity index (χ1v) is 5.08. The standard InChI is InChI=1S/C9H12ClN3O2/c1-9(2-3-15-4-9)13-7-6(10)8(14)12-5-11-7/h5H,2-4H2,1H3,(H2,11,12,13,14). The average molecular weight is 230 g/mol. The molecule has 82 valence electrons. The number of aromatic nitrogens is 2. The molecule has 0 amide bonds. The van der Waals surface area contributed by atoms with Crippen LogP contribution in [-0.2, 0) is 4.74 Å². The van der Waals surface area contributed by atoms with Crippen LogP contribution in [0.2, 0.25) is 5.02 Å². The second-order valence-electron chi connectivity index (χ2n) is 3.88. The molecule has 0 radical (unpaired) electrons. The van der Waals surface area contributed by atoms with Crippen LogP contribution in [0.5, 0.6) is 0 Å². The van der Waals surface area contributed by atoms with Crippen LogP contribution in [0.3, 0.4) is 0 Å². The summed E-state index contributed by atoms with van der Waals surface area (Å²) in [5.41, 5.74) is -0.526. The van der Waals surface area contributed by atoms with E-state index in [4.69, 9.17) is 16.3 Å². The lowest BCUT2D eigenvalue weighted by Gasteiger charge is -2.24. The lowest BCUT2D eigenvalue weighted by molar-refractivity contribution is 0.185. The van der Waals surface area contributed by atoms with Gasteiger partial charge in [0.2, 0.25) is 0 Å². The van der Waals surface area contributed by atoms with Crippen LogP contribution in [0.25, 0.3) is 0 Å². The first kappa shape index (κ1) is 10.4. The van der Waals surface area contributed by atoms with E-state index in [1.54, 1.807) is 0 Å². The van der Waals surface area contributed by atoms with Gasteiger partial charge in [0.15, 0.2) is 5.82 Å². The number of anilines is 1. The Morgan fingerprint density at radius 1 is 1.73 bits per heavy atom. The highest BCUT2D eigenvalue weighted by atomic mass is 35.5. The molecule has 6 heteroatoms. The van der Waals surface area contributed by atoms with Crippen LogP contribution in [0, 0.1) is 0 Å². The molecular weight excluding hydrogens is 218 g/mol. The summed E-state index contributed by atoms with van der Waals surface area (Å²) in [5.74, 6) is 0.411. The van der Waals surface area contributed by atoms with E-state index in [1.165, 1.54) is 6.33 Å². The van der Waals surface area contributed by atoms with Gasteiger partial charge in [0.1, 0.15) is 5.02 Å². The number of rotatable bonds is 2. The van der Waals surface area contributed by atoms with Gasteiger partial charge in [0.25, 0.3) is 5.56 Å². The van der Waals surface area contributed by atoms with Gasteiger partial charge in [-0.05, 0) is 13.3 Å². The SMILES string of the molecule is CC1(Nc2nc[nH]c(=O)c2Cl)CCOC1. The molecule has 1 saturated heterocycles. The van der Waals surface area contributed by atoms with Gasteiger partial charge in [-0.15, -0.1) is 0 Å². The largest absolute Gasteiger partial charge is 0.379 e. The number of H-pyrrole nitrogens is 1. The molecule has 0 aliphatic carbocycles. The van der Waals surface area contributed by atoms with E-state index in [0.717, 1.165) is 6.42 Å². The molecule has 5 nitrogen and oxygen atoms in total.